The van der Waals surface area contributed by atoms with Gasteiger partial charge in [-0.25, -0.2) is 4.39 Å². The monoisotopic (exact) mass is 472 g/mol. The summed E-state index contributed by atoms with van der Waals surface area (Å²) in [4.78, 5) is 25.4. The van der Waals surface area contributed by atoms with Crippen molar-refractivity contribution in [2.75, 3.05) is 19.7 Å². The first-order chi connectivity index (χ1) is 15.3. The van der Waals surface area contributed by atoms with E-state index >= 15 is 0 Å². The molecule has 2 amide bonds. The van der Waals surface area contributed by atoms with Crippen molar-refractivity contribution < 1.29 is 18.7 Å². The van der Waals surface area contributed by atoms with Crippen molar-refractivity contribution >= 4 is 23.4 Å². The van der Waals surface area contributed by atoms with Crippen LogP contribution in [0.2, 0.25) is 0 Å². The standard InChI is InChI=1S/C23H38ClFN4O3/c1-2-15-12-27-19(13-26-15)21(31)29-23-8-5-22(6-9-23,7-10-23)28-20(30)14-32-16-3-4-17(24)18(25)11-16/h15-19,26-27H,2-14H2,1H3,(H,28,30)(H,29,31). The van der Waals surface area contributed by atoms with Gasteiger partial charge < -0.3 is 26.0 Å². The average Bonchev–Trinajstić information content (AvgIpc) is 2.81. The minimum absolute atomic E-state index is 0.0347. The summed E-state index contributed by atoms with van der Waals surface area (Å²) in [5, 5.41) is 12.9. The van der Waals surface area contributed by atoms with Gasteiger partial charge in [-0.1, -0.05) is 6.92 Å². The topological polar surface area (TPSA) is 91.5 Å². The number of alkyl halides is 2. The van der Waals surface area contributed by atoms with Crippen LogP contribution in [0.1, 0.15) is 71.1 Å². The highest BCUT2D eigenvalue weighted by molar-refractivity contribution is 6.21. The van der Waals surface area contributed by atoms with Crippen LogP contribution in [-0.2, 0) is 14.3 Å². The maximum absolute atomic E-state index is 13.8. The first-order valence-corrected chi connectivity index (χ1v) is 12.8. The van der Waals surface area contributed by atoms with E-state index in [0.717, 1.165) is 51.5 Å². The molecule has 2 bridgehead atoms. The Morgan fingerprint density at radius 1 is 1.03 bits per heavy atom. The van der Waals surface area contributed by atoms with Crippen molar-refractivity contribution in [3.8, 4) is 0 Å². The highest BCUT2D eigenvalue weighted by Crippen LogP contribution is 2.47. The molecule has 0 aromatic rings. The smallest absolute Gasteiger partial charge is 0.246 e. The molecule has 5 rings (SSSR count). The Hall–Kier alpha value is -0.960. The van der Waals surface area contributed by atoms with Gasteiger partial charge in [-0.15, -0.1) is 11.6 Å². The van der Waals surface area contributed by atoms with Crippen molar-refractivity contribution in [2.45, 2.75) is 112 Å². The fraction of sp³-hybridized carbons (Fsp3) is 0.913. The molecular formula is C23H38ClFN4O3. The summed E-state index contributed by atoms with van der Waals surface area (Å²) in [6.07, 6.45) is 6.49. The summed E-state index contributed by atoms with van der Waals surface area (Å²) in [6, 6.07) is 0.249. The molecule has 7 nitrogen and oxygen atoms in total. The highest BCUT2D eigenvalue weighted by atomic mass is 35.5. The predicted octanol–water partition coefficient (Wildman–Crippen LogP) is 1.92. The van der Waals surface area contributed by atoms with Crippen molar-refractivity contribution in [3.05, 3.63) is 0 Å². The third kappa shape index (κ3) is 5.57. The van der Waals surface area contributed by atoms with E-state index in [-0.39, 0.29) is 48.1 Å². The van der Waals surface area contributed by atoms with Gasteiger partial charge in [-0.2, -0.15) is 0 Å². The first kappa shape index (κ1) is 24.2. The van der Waals surface area contributed by atoms with E-state index in [2.05, 4.69) is 28.2 Å². The molecule has 0 spiro atoms. The van der Waals surface area contributed by atoms with Gasteiger partial charge in [-0.3, -0.25) is 9.59 Å². The predicted molar refractivity (Wildman–Crippen MR) is 121 cm³/mol. The number of rotatable bonds is 7. The fourth-order valence-corrected chi connectivity index (χ4v) is 6.04. The lowest BCUT2D eigenvalue weighted by atomic mass is 9.61. The molecule has 0 aromatic carbocycles. The highest BCUT2D eigenvalue weighted by Gasteiger charge is 2.50. The second-order valence-corrected chi connectivity index (χ2v) is 10.9. The third-order valence-electron chi connectivity index (χ3n) is 8.16. The van der Waals surface area contributed by atoms with E-state index in [1.165, 1.54) is 0 Å². The maximum Gasteiger partial charge on any atom is 0.246 e. The molecule has 1 saturated heterocycles. The van der Waals surface area contributed by atoms with E-state index in [0.29, 0.717) is 25.4 Å². The van der Waals surface area contributed by atoms with Crippen molar-refractivity contribution in [2.24, 2.45) is 0 Å². The summed E-state index contributed by atoms with van der Waals surface area (Å²) in [5.41, 5.74) is -0.359. The van der Waals surface area contributed by atoms with Crippen LogP contribution in [-0.4, -0.2) is 72.3 Å². The molecule has 9 heteroatoms. The number of carbonyl (C=O) groups is 2. The molecular weight excluding hydrogens is 435 g/mol. The van der Waals surface area contributed by atoms with Gasteiger partial charge in [0.05, 0.1) is 17.5 Å². The Labute approximate surface area is 195 Å². The Morgan fingerprint density at radius 3 is 2.25 bits per heavy atom. The minimum Gasteiger partial charge on any atom is -0.368 e. The SMILES string of the molecule is CCC1CNC(C(=O)NC23CCC(NC(=O)COC4CCC(Cl)C(F)C4)(CC2)CC3)CN1. The van der Waals surface area contributed by atoms with Gasteiger partial charge >= 0.3 is 0 Å². The third-order valence-corrected chi connectivity index (χ3v) is 8.66. The first-order valence-electron chi connectivity index (χ1n) is 12.3. The molecule has 5 unspecified atom stereocenters. The van der Waals surface area contributed by atoms with Crippen molar-refractivity contribution in [1.82, 2.24) is 21.3 Å². The number of amides is 2. The molecule has 1 aliphatic heterocycles. The second kappa shape index (κ2) is 10.1. The number of hydrogen-bond donors (Lipinski definition) is 4. The zero-order chi connectivity index (χ0) is 22.8. The van der Waals surface area contributed by atoms with E-state index < -0.39 is 11.5 Å². The number of carbonyl (C=O) groups excluding carboxylic acids is 2. The lowest BCUT2D eigenvalue weighted by Crippen LogP contribution is -2.67. The van der Waals surface area contributed by atoms with Crippen LogP contribution < -0.4 is 21.3 Å². The number of hydrogen-bond acceptors (Lipinski definition) is 5. The Bertz CT molecular complexity index is 664. The summed E-state index contributed by atoms with van der Waals surface area (Å²) in [6.45, 7) is 3.59. The summed E-state index contributed by atoms with van der Waals surface area (Å²) < 4.78 is 19.5. The van der Waals surface area contributed by atoms with Gasteiger partial charge in [0.15, 0.2) is 0 Å². The summed E-state index contributed by atoms with van der Waals surface area (Å²) in [7, 11) is 0. The Kier molecular flexibility index (Phi) is 7.64. The van der Waals surface area contributed by atoms with E-state index in [4.69, 9.17) is 16.3 Å². The zero-order valence-electron chi connectivity index (χ0n) is 19.1. The quantitative estimate of drug-likeness (QED) is 0.425. The normalized spacial score (nSPS) is 41.8. The molecule has 1 heterocycles. The van der Waals surface area contributed by atoms with Crippen LogP contribution in [0.5, 0.6) is 0 Å². The van der Waals surface area contributed by atoms with Gasteiger partial charge in [0, 0.05) is 36.6 Å². The molecule has 4 saturated carbocycles. The van der Waals surface area contributed by atoms with Crippen LogP contribution in [0, 0.1) is 0 Å². The van der Waals surface area contributed by atoms with Gasteiger partial charge in [0.2, 0.25) is 11.8 Å². The van der Waals surface area contributed by atoms with Crippen LogP contribution in [0.25, 0.3) is 0 Å². The van der Waals surface area contributed by atoms with Gasteiger partial charge in [0.1, 0.15) is 12.8 Å². The zero-order valence-corrected chi connectivity index (χ0v) is 19.8. The molecule has 0 aromatic heterocycles. The van der Waals surface area contributed by atoms with Crippen molar-refractivity contribution in [3.63, 3.8) is 0 Å². The van der Waals surface area contributed by atoms with E-state index in [1.54, 1.807) is 0 Å². The summed E-state index contributed by atoms with van der Waals surface area (Å²) in [5.74, 6) is -0.0495. The molecule has 4 N–H and O–H groups in total. The Morgan fingerprint density at radius 2 is 1.69 bits per heavy atom. The lowest BCUT2D eigenvalue weighted by Gasteiger charge is -2.54. The van der Waals surface area contributed by atoms with Crippen molar-refractivity contribution in [1.29, 1.82) is 0 Å². The number of halogens is 2. The van der Waals surface area contributed by atoms with Gasteiger partial charge in [-0.05, 0) is 57.8 Å². The van der Waals surface area contributed by atoms with E-state index in [1.807, 2.05) is 0 Å². The second-order valence-electron chi connectivity index (χ2n) is 10.4. The average molecular weight is 473 g/mol. The minimum atomic E-state index is -1.07. The number of nitrogens with one attached hydrogen (secondary N) is 4. The lowest BCUT2D eigenvalue weighted by molar-refractivity contribution is -0.134. The molecule has 182 valence electrons. The number of ether oxygens (including phenoxy) is 1. The van der Waals surface area contributed by atoms with Gasteiger partial charge in [0.25, 0.3) is 0 Å². The number of fused-ring (bicyclic) bond motifs is 3. The molecule has 4 aliphatic carbocycles. The molecule has 5 atom stereocenters. The Balaban J connectivity index is 1.20. The van der Waals surface area contributed by atoms with E-state index in [9.17, 15) is 14.0 Å². The fourth-order valence-electron chi connectivity index (χ4n) is 5.82. The molecule has 5 aliphatic rings. The van der Waals surface area contributed by atoms with Crippen LogP contribution in [0.15, 0.2) is 0 Å². The number of piperazine rings is 1. The van der Waals surface area contributed by atoms with Crippen LogP contribution >= 0.6 is 11.6 Å². The largest absolute Gasteiger partial charge is 0.368 e. The summed E-state index contributed by atoms with van der Waals surface area (Å²) >= 11 is 5.92. The molecule has 5 fully saturated rings. The van der Waals surface area contributed by atoms with Crippen LogP contribution in [0.4, 0.5) is 4.39 Å². The maximum atomic E-state index is 13.8. The van der Waals surface area contributed by atoms with Crippen LogP contribution in [0.3, 0.4) is 0 Å². The molecule has 0 radical (unpaired) electrons. The molecule has 32 heavy (non-hydrogen) atoms.